The zero-order valence-corrected chi connectivity index (χ0v) is 10.6. The molecule has 1 heterocycles. The molecule has 0 aromatic heterocycles. The molecule has 0 aromatic carbocycles. The third kappa shape index (κ3) is 4.23. The summed E-state index contributed by atoms with van der Waals surface area (Å²) < 4.78 is 34.8. The Bertz CT molecular complexity index is 356. The standard InChI is InChI=1S/C9H18N2O5S/c1-15-9(12)2-5-17(13,14)11-3-4-16-8(6-10)7-11/h8H,2-7,10H2,1H3. The molecule has 1 rings (SSSR count). The van der Waals surface area contributed by atoms with E-state index in [2.05, 4.69) is 4.74 Å². The molecule has 17 heavy (non-hydrogen) atoms. The van der Waals surface area contributed by atoms with Gasteiger partial charge in [-0.15, -0.1) is 0 Å². The average molecular weight is 266 g/mol. The molecule has 0 aromatic rings. The van der Waals surface area contributed by atoms with Gasteiger partial charge in [0.2, 0.25) is 10.0 Å². The Morgan fingerprint density at radius 3 is 2.88 bits per heavy atom. The fraction of sp³-hybridized carbons (Fsp3) is 0.889. The van der Waals surface area contributed by atoms with Crippen LogP contribution in [0.25, 0.3) is 0 Å². The van der Waals surface area contributed by atoms with Crippen LogP contribution in [0.5, 0.6) is 0 Å². The summed E-state index contributed by atoms with van der Waals surface area (Å²) in [7, 11) is -2.20. The normalized spacial score (nSPS) is 22.4. The number of hydrogen-bond acceptors (Lipinski definition) is 6. The van der Waals surface area contributed by atoms with Gasteiger partial charge >= 0.3 is 5.97 Å². The van der Waals surface area contributed by atoms with Crippen LogP contribution in [0.3, 0.4) is 0 Å². The van der Waals surface area contributed by atoms with E-state index in [4.69, 9.17) is 10.5 Å². The van der Waals surface area contributed by atoms with Gasteiger partial charge in [-0.25, -0.2) is 8.42 Å². The van der Waals surface area contributed by atoms with Crippen molar-refractivity contribution >= 4 is 16.0 Å². The number of morpholine rings is 1. The third-order valence-electron chi connectivity index (χ3n) is 2.55. The highest BCUT2D eigenvalue weighted by atomic mass is 32.2. The van der Waals surface area contributed by atoms with E-state index in [1.807, 2.05) is 0 Å². The minimum atomic E-state index is -3.43. The summed E-state index contributed by atoms with van der Waals surface area (Å²) >= 11 is 0. The number of carbonyl (C=O) groups is 1. The molecule has 0 saturated carbocycles. The van der Waals surface area contributed by atoms with Gasteiger partial charge < -0.3 is 15.2 Å². The van der Waals surface area contributed by atoms with E-state index in [1.54, 1.807) is 0 Å². The van der Waals surface area contributed by atoms with E-state index in [0.29, 0.717) is 13.2 Å². The first-order chi connectivity index (χ1) is 7.99. The highest BCUT2D eigenvalue weighted by Crippen LogP contribution is 2.11. The number of hydrogen-bond donors (Lipinski definition) is 1. The van der Waals surface area contributed by atoms with E-state index in [-0.39, 0.29) is 31.4 Å². The molecule has 1 atom stereocenters. The first kappa shape index (κ1) is 14.4. The Hall–Kier alpha value is -0.700. The Balaban J connectivity index is 2.54. The average Bonchev–Trinajstić information content (AvgIpc) is 2.36. The number of ether oxygens (including phenoxy) is 2. The zero-order valence-electron chi connectivity index (χ0n) is 9.79. The van der Waals surface area contributed by atoms with E-state index in [0.717, 1.165) is 0 Å². The summed E-state index contributed by atoms with van der Waals surface area (Å²) in [5.41, 5.74) is 5.43. The lowest BCUT2D eigenvalue weighted by molar-refractivity contribution is -0.140. The minimum Gasteiger partial charge on any atom is -0.469 e. The summed E-state index contributed by atoms with van der Waals surface area (Å²) in [4.78, 5) is 10.9. The van der Waals surface area contributed by atoms with Gasteiger partial charge in [0.05, 0.1) is 32.0 Å². The smallest absolute Gasteiger partial charge is 0.306 e. The molecule has 7 nitrogen and oxygen atoms in total. The molecule has 1 aliphatic heterocycles. The maximum atomic E-state index is 11.9. The van der Waals surface area contributed by atoms with Gasteiger partial charge in [-0.1, -0.05) is 0 Å². The van der Waals surface area contributed by atoms with Crippen LogP contribution < -0.4 is 5.73 Å². The number of rotatable bonds is 5. The van der Waals surface area contributed by atoms with Gasteiger partial charge in [-0.2, -0.15) is 4.31 Å². The lowest BCUT2D eigenvalue weighted by Crippen LogP contribution is -2.48. The predicted molar refractivity (Wildman–Crippen MR) is 60.8 cm³/mol. The lowest BCUT2D eigenvalue weighted by Gasteiger charge is -2.31. The molecule has 0 amide bonds. The van der Waals surface area contributed by atoms with E-state index >= 15 is 0 Å². The van der Waals surface area contributed by atoms with Crippen LogP contribution in [0.1, 0.15) is 6.42 Å². The van der Waals surface area contributed by atoms with Crippen molar-refractivity contribution < 1.29 is 22.7 Å². The summed E-state index contributed by atoms with van der Waals surface area (Å²) in [5, 5.41) is 0. The van der Waals surface area contributed by atoms with Crippen LogP contribution >= 0.6 is 0 Å². The Morgan fingerprint density at radius 1 is 1.59 bits per heavy atom. The molecule has 0 radical (unpaired) electrons. The molecule has 0 bridgehead atoms. The SMILES string of the molecule is COC(=O)CCS(=O)(=O)N1CCOC(CN)C1. The quantitative estimate of drug-likeness (QED) is 0.610. The summed E-state index contributed by atoms with van der Waals surface area (Å²) in [6, 6.07) is 0. The number of esters is 1. The maximum Gasteiger partial charge on any atom is 0.306 e. The Kier molecular flexibility index (Phi) is 5.31. The molecular formula is C9H18N2O5S. The van der Waals surface area contributed by atoms with Crippen molar-refractivity contribution in [3.05, 3.63) is 0 Å². The second kappa shape index (κ2) is 6.29. The largest absolute Gasteiger partial charge is 0.469 e. The molecule has 2 N–H and O–H groups in total. The van der Waals surface area contributed by atoms with Crippen LogP contribution in [0, 0.1) is 0 Å². The van der Waals surface area contributed by atoms with Crippen LogP contribution in [0.2, 0.25) is 0 Å². The molecule has 0 spiro atoms. The molecule has 1 aliphatic rings. The molecular weight excluding hydrogens is 248 g/mol. The van der Waals surface area contributed by atoms with Crippen LogP contribution in [0.15, 0.2) is 0 Å². The molecule has 1 unspecified atom stereocenters. The maximum absolute atomic E-state index is 11.9. The van der Waals surface area contributed by atoms with Gasteiger partial charge in [0, 0.05) is 19.6 Å². The molecule has 1 fully saturated rings. The zero-order chi connectivity index (χ0) is 12.9. The van der Waals surface area contributed by atoms with E-state index in [1.165, 1.54) is 11.4 Å². The van der Waals surface area contributed by atoms with Gasteiger partial charge in [0.1, 0.15) is 0 Å². The highest BCUT2D eigenvalue weighted by molar-refractivity contribution is 7.89. The number of sulfonamides is 1. The fourth-order valence-corrected chi connectivity index (χ4v) is 2.96. The van der Waals surface area contributed by atoms with Crippen molar-refractivity contribution in [3.63, 3.8) is 0 Å². The van der Waals surface area contributed by atoms with Gasteiger partial charge in [-0.3, -0.25) is 4.79 Å². The molecule has 8 heteroatoms. The number of carbonyl (C=O) groups excluding carboxylic acids is 1. The van der Waals surface area contributed by atoms with E-state index < -0.39 is 16.0 Å². The van der Waals surface area contributed by atoms with Gasteiger partial charge in [0.15, 0.2) is 0 Å². The fourth-order valence-electron chi connectivity index (χ4n) is 1.53. The minimum absolute atomic E-state index is 0.135. The van der Waals surface area contributed by atoms with Crippen molar-refractivity contribution in [2.24, 2.45) is 5.73 Å². The number of methoxy groups -OCH3 is 1. The van der Waals surface area contributed by atoms with Crippen molar-refractivity contribution in [1.29, 1.82) is 0 Å². The molecule has 0 aliphatic carbocycles. The monoisotopic (exact) mass is 266 g/mol. The first-order valence-corrected chi connectivity index (χ1v) is 6.97. The number of nitrogens with zero attached hydrogens (tertiary/aromatic N) is 1. The highest BCUT2D eigenvalue weighted by Gasteiger charge is 2.29. The topological polar surface area (TPSA) is 98.9 Å². The second-order valence-corrected chi connectivity index (χ2v) is 5.82. The van der Waals surface area contributed by atoms with Crippen LogP contribution in [0.4, 0.5) is 0 Å². The van der Waals surface area contributed by atoms with E-state index in [9.17, 15) is 13.2 Å². The first-order valence-electron chi connectivity index (χ1n) is 5.36. The van der Waals surface area contributed by atoms with Crippen molar-refractivity contribution in [1.82, 2.24) is 4.31 Å². The van der Waals surface area contributed by atoms with Crippen LogP contribution in [-0.4, -0.2) is 63.9 Å². The summed E-state index contributed by atoms with van der Waals surface area (Å²) in [6.45, 7) is 1.17. The molecule has 1 saturated heterocycles. The second-order valence-electron chi connectivity index (χ2n) is 3.73. The van der Waals surface area contributed by atoms with Gasteiger partial charge in [0.25, 0.3) is 0 Å². The Labute approximate surface area is 101 Å². The van der Waals surface area contributed by atoms with Crippen molar-refractivity contribution in [2.75, 3.05) is 39.1 Å². The third-order valence-corrected chi connectivity index (χ3v) is 4.39. The Morgan fingerprint density at radius 2 is 2.29 bits per heavy atom. The predicted octanol–water partition coefficient (Wildman–Crippen LogP) is -1.46. The van der Waals surface area contributed by atoms with Crippen molar-refractivity contribution in [3.8, 4) is 0 Å². The van der Waals surface area contributed by atoms with Crippen molar-refractivity contribution in [2.45, 2.75) is 12.5 Å². The van der Waals surface area contributed by atoms with Crippen LogP contribution in [-0.2, 0) is 24.3 Å². The van der Waals surface area contributed by atoms with Gasteiger partial charge in [-0.05, 0) is 0 Å². The summed E-state index contributed by atoms with van der Waals surface area (Å²) in [6.07, 6.45) is -0.402. The lowest BCUT2D eigenvalue weighted by atomic mass is 10.3. The number of nitrogens with two attached hydrogens (primary N) is 1. The molecule has 100 valence electrons. The summed E-state index contributed by atoms with van der Waals surface area (Å²) in [5.74, 6) is -0.769.